The second kappa shape index (κ2) is 4.33. The van der Waals surface area contributed by atoms with Crippen LogP contribution in [0.4, 0.5) is 5.82 Å². The van der Waals surface area contributed by atoms with E-state index in [1.165, 1.54) is 24.1 Å². The summed E-state index contributed by atoms with van der Waals surface area (Å²) in [5.74, 6) is 0.881. The Kier molecular flexibility index (Phi) is 3.17. The van der Waals surface area contributed by atoms with Crippen LogP contribution in [0.5, 0.6) is 0 Å². The van der Waals surface area contributed by atoms with Crippen LogP contribution in [0.15, 0.2) is 0 Å². The normalized spacial score (nSPS) is 18.4. The lowest BCUT2D eigenvalue weighted by molar-refractivity contribution is 0.374. The van der Waals surface area contributed by atoms with Gasteiger partial charge in [-0.05, 0) is 38.8 Å². The molecule has 0 unspecified atom stereocenters. The highest BCUT2D eigenvalue weighted by molar-refractivity contribution is 5.49. The molecule has 0 aliphatic heterocycles. The molecule has 4 nitrogen and oxygen atoms in total. The number of nitrogens with zero attached hydrogens (tertiary/aromatic N) is 3. The first-order chi connectivity index (χ1) is 7.92. The van der Waals surface area contributed by atoms with Gasteiger partial charge in [-0.25, -0.2) is 4.68 Å². The van der Waals surface area contributed by atoms with E-state index in [-0.39, 0.29) is 5.41 Å². The number of hydrogen-bond donors (Lipinski definition) is 1. The van der Waals surface area contributed by atoms with Crippen molar-refractivity contribution in [2.45, 2.75) is 45.1 Å². The van der Waals surface area contributed by atoms with Gasteiger partial charge >= 0.3 is 0 Å². The zero-order valence-corrected chi connectivity index (χ0v) is 11.5. The Morgan fingerprint density at radius 3 is 2.71 bits per heavy atom. The van der Waals surface area contributed by atoms with Gasteiger partial charge < -0.3 is 10.6 Å². The van der Waals surface area contributed by atoms with Crippen LogP contribution < -0.4 is 5.73 Å². The number of fused-ring (bicyclic) bond motifs is 1. The Hall–Kier alpha value is -1.03. The number of anilines is 1. The van der Waals surface area contributed by atoms with E-state index in [0.29, 0.717) is 0 Å². The number of hydrogen-bond acceptors (Lipinski definition) is 3. The van der Waals surface area contributed by atoms with Crippen LogP contribution in [-0.4, -0.2) is 35.3 Å². The van der Waals surface area contributed by atoms with Gasteiger partial charge in [0.2, 0.25) is 0 Å². The summed E-state index contributed by atoms with van der Waals surface area (Å²) < 4.78 is 1.98. The summed E-state index contributed by atoms with van der Waals surface area (Å²) in [6, 6.07) is 0. The van der Waals surface area contributed by atoms with E-state index in [9.17, 15) is 0 Å². The first-order valence-electron chi connectivity index (χ1n) is 6.42. The molecular formula is C13H24N4. The summed E-state index contributed by atoms with van der Waals surface area (Å²) in [5, 5.41) is 4.68. The molecule has 2 N–H and O–H groups in total. The molecule has 17 heavy (non-hydrogen) atoms. The lowest BCUT2D eigenvalue weighted by atomic mass is 9.75. The van der Waals surface area contributed by atoms with Crippen molar-refractivity contribution in [2.75, 3.05) is 26.4 Å². The first-order valence-corrected chi connectivity index (χ1v) is 6.42. The zero-order chi connectivity index (χ0) is 12.6. The van der Waals surface area contributed by atoms with Crippen LogP contribution in [-0.2, 0) is 18.4 Å². The van der Waals surface area contributed by atoms with E-state index in [2.05, 4.69) is 37.9 Å². The zero-order valence-electron chi connectivity index (χ0n) is 11.5. The van der Waals surface area contributed by atoms with Crippen molar-refractivity contribution < 1.29 is 0 Å². The Morgan fingerprint density at radius 1 is 1.41 bits per heavy atom. The first kappa shape index (κ1) is 12.4. The molecule has 0 spiro atoms. The van der Waals surface area contributed by atoms with Gasteiger partial charge in [-0.2, -0.15) is 5.10 Å². The number of nitrogens with two attached hydrogens (primary N) is 1. The Bertz CT molecular complexity index is 404. The Labute approximate surface area is 104 Å². The van der Waals surface area contributed by atoms with Crippen LogP contribution in [0.3, 0.4) is 0 Å². The van der Waals surface area contributed by atoms with E-state index < -0.39 is 0 Å². The highest BCUT2D eigenvalue weighted by Crippen LogP contribution is 2.39. The van der Waals surface area contributed by atoms with Gasteiger partial charge in [0.15, 0.2) is 0 Å². The van der Waals surface area contributed by atoms with Crippen LogP contribution in [0.2, 0.25) is 0 Å². The SMILES string of the molecule is CN(C)CCn1nc2c(c1N)C(C)(C)CCC2. The maximum absolute atomic E-state index is 6.27. The molecule has 96 valence electrons. The molecule has 0 fully saturated rings. The van der Waals surface area contributed by atoms with E-state index in [0.717, 1.165) is 25.3 Å². The fraction of sp³-hybridized carbons (Fsp3) is 0.769. The highest BCUT2D eigenvalue weighted by Gasteiger charge is 2.33. The van der Waals surface area contributed by atoms with Crippen molar-refractivity contribution >= 4 is 5.82 Å². The fourth-order valence-electron chi connectivity index (χ4n) is 2.73. The molecule has 1 aromatic heterocycles. The lowest BCUT2D eigenvalue weighted by Crippen LogP contribution is -2.24. The predicted octanol–water partition coefficient (Wildman–Crippen LogP) is 1.64. The molecule has 0 radical (unpaired) electrons. The van der Waals surface area contributed by atoms with E-state index in [1.54, 1.807) is 0 Å². The maximum Gasteiger partial charge on any atom is 0.125 e. The summed E-state index contributed by atoms with van der Waals surface area (Å²) in [6.07, 6.45) is 3.52. The number of likely N-dealkylation sites (N-methyl/N-ethyl adjacent to an activating group) is 1. The average molecular weight is 236 g/mol. The standard InChI is InChI=1S/C13H24N4/c1-13(2)7-5-6-10-11(13)12(14)17(15-10)9-8-16(3)4/h5-9,14H2,1-4H3. The van der Waals surface area contributed by atoms with E-state index in [1.807, 2.05) is 4.68 Å². The van der Waals surface area contributed by atoms with Gasteiger partial charge in [0.05, 0.1) is 12.2 Å². The molecule has 0 saturated carbocycles. The van der Waals surface area contributed by atoms with Crippen molar-refractivity contribution in [2.24, 2.45) is 0 Å². The second-order valence-electron chi connectivity index (χ2n) is 5.97. The number of aromatic nitrogens is 2. The fourth-order valence-corrected chi connectivity index (χ4v) is 2.73. The summed E-state index contributed by atoms with van der Waals surface area (Å²) >= 11 is 0. The second-order valence-corrected chi connectivity index (χ2v) is 5.97. The number of rotatable bonds is 3. The lowest BCUT2D eigenvalue weighted by Gasteiger charge is -2.29. The molecule has 4 heteroatoms. The van der Waals surface area contributed by atoms with Gasteiger partial charge in [-0.1, -0.05) is 13.8 Å². The molecule has 1 aromatic rings. The third-order valence-corrected chi connectivity index (χ3v) is 3.72. The molecule has 0 bridgehead atoms. The van der Waals surface area contributed by atoms with Gasteiger partial charge in [0.1, 0.15) is 5.82 Å². The van der Waals surface area contributed by atoms with Gasteiger partial charge in [-0.3, -0.25) is 0 Å². The summed E-state index contributed by atoms with van der Waals surface area (Å²) in [4.78, 5) is 2.16. The third kappa shape index (κ3) is 2.32. The topological polar surface area (TPSA) is 47.1 Å². The minimum atomic E-state index is 0.189. The minimum absolute atomic E-state index is 0.189. The van der Waals surface area contributed by atoms with Crippen LogP contribution in [0.25, 0.3) is 0 Å². The molecule has 0 aromatic carbocycles. The van der Waals surface area contributed by atoms with Crippen molar-refractivity contribution in [1.29, 1.82) is 0 Å². The Morgan fingerprint density at radius 2 is 2.12 bits per heavy atom. The third-order valence-electron chi connectivity index (χ3n) is 3.72. The van der Waals surface area contributed by atoms with Crippen molar-refractivity contribution in [3.8, 4) is 0 Å². The van der Waals surface area contributed by atoms with Gasteiger partial charge in [0.25, 0.3) is 0 Å². The highest BCUT2D eigenvalue weighted by atomic mass is 15.3. The Balaban J connectivity index is 2.29. The predicted molar refractivity (Wildman–Crippen MR) is 71.2 cm³/mol. The van der Waals surface area contributed by atoms with E-state index in [4.69, 9.17) is 5.73 Å². The molecule has 0 saturated heterocycles. The summed E-state index contributed by atoms with van der Waals surface area (Å²) in [5.41, 5.74) is 8.97. The van der Waals surface area contributed by atoms with Crippen molar-refractivity contribution in [1.82, 2.24) is 14.7 Å². The van der Waals surface area contributed by atoms with Gasteiger partial charge in [0, 0.05) is 12.1 Å². The molecule has 0 atom stereocenters. The van der Waals surface area contributed by atoms with Crippen LogP contribution in [0, 0.1) is 0 Å². The summed E-state index contributed by atoms with van der Waals surface area (Å²) in [6.45, 7) is 6.41. The van der Waals surface area contributed by atoms with Gasteiger partial charge in [-0.15, -0.1) is 0 Å². The maximum atomic E-state index is 6.27. The smallest absolute Gasteiger partial charge is 0.125 e. The summed E-state index contributed by atoms with van der Waals surface area (Å²) in [7, 11) is 4.15. The van der Waals surface area contributed by atoms with E-state index >= 15 is 0 Å². The number of nitrogen functional groups attached to an aromatic ring is 1. The monoisotopic (exact) mass is 236 g/mol. The molecule has 1 aliphatic carbocycles. The molecule has 0 amide bonds. The molecule has 1 aliphatic rings. The number of aryl methyl sites for hydroxylation is 1. The van der Waals surface area contributed by atoms with Crippen LogP contribution >= 0.6 is 0 Å². The quantitative estimate of drug-likeness (QED) is 0.868. The van der Waals surface area contributed by atoms with Crippen molar-refractivity contribution in [3.63, 3.8) is 0 Å². The van der Waals surface area contributed by atoms with Crippen molar-refractivity contribution in [3.05, 3.63) is 11.3 Å². The largest absolute Gasteiger partial charge is 0.384 e. The minimum Gasteiger partial charge on any atom is -0.384 e. The molecular weight excluding hydrogens is 212 g/mol. The van der Waals surface area contributed by atoms with Crippen LogP contribution in [0.1, 0.15) is 37.9 Å². The molecule has 1 heterocycles. The molecule has 2 rings (SSSR count). The average Bonchev–Trinajstić information content (AvgIpc) is 2.53.